The summed E-state index contributed by atoms with van der Waals surface area (Å²) in [7, 11) is -1.97. The normalized spacial score (nSPS) is 10.2. The van der Waals surface area contributed by atoms with Crippen LogP contribution in [0.1, 0.15) is 6.92 Å². The van der Waals surface area contributed by atoms with E-state index in [0.717, 1.165) is 0 Å². The first-order valence-electron chi connectivity index (χ1n) is 3.15. The number of hydrogen-bond acceptors (Lipinski definition) is 5. The van der Waals surface area contributed by atoms with E-state index in [0.29, 0.717) is 0 Å². The summed E-state index contributed by atoms with van der Waals surface area (Å²) in [6, 6.07) is 0. The third kappa shape index (κ3) is 5.76. The van der Waals surface area contributed by atoms with E-state index in [4.69, 9.17) is 0 Å². The van der Waals surface area contributed by atoms with Crippen molar-refractivity contribution < 1.29 is 23.4 Å². The second-order valence-corrected chi connectivity index (χ2v) is 2.76. The average Bonchev–Trinajstić information content (AvgIpc) is 2.02. The highest BCUT2D eigenvalue weighted by molar-refractivity contribution is 7.38. The van der Waals surface area contributed by atoms with Gasteiger partial charge < -0.3 is 4.74 Å². The smallest absolute Gasteiger partial charge is 0.399 e. The van der Waals surface area contributed by atoms with Crippen LogP contribution in [0.25, 0.3) is 0 Å². The summed E-state index contributed by atoms with van der Waals surface area (Å²) in [4.78, 5) is 20.1. The van der Waals surface area contributed by atoms with Gasteiger partial charge >= 0.3 is 20.5 Å². The van der Waals surface area contributed by atoms with Crippen molar-refractivity contribution in [3.05, 3.63) is 0 Å². The molecule has 0 fully saturated rings. The van der Waals surface area contributed by atoms with Gasteiger partial charge in [0.1, 0.15) is 0 Å². The van der Waals surface area contributed by atoms with Gasteiger partial charge in [-0.2, -0.15) is 0 Å². The van der Waals surface area contributed by atoms with Crippen LogP contribution in [-0.4, -0.2) is 25.5 Å². The fraction of sp³-hybridized carbons (Fsp3) is 0.600. The Morgan fingerprint density at radius 3 is 2.83 bits per heavy atom. The van der Waals surface area contributed by atoms with Crippen LogP contribution in [0.3, 0.4) is 0 Å². The number of carbonyl (C=O) groups excluding carboxylic acids is 2. The number of imide groups is 1. The number of amides is 2. The summed E-state index contributed by atoms with van der Waals surface area (Å²) in [5.41, 5.74) is 0. The molecule has 0 radical (unpaired) electrons. The van der Waals surface area contributed by atoms with E-state index >= 15 is 0 Å². The minimum atomic E-state index is -1.97. The highest BCUT2D eigenvalue weighted by Crippen LogP contribution is 2.20. The Morgan fingerprint density at radius 1 is 1.67 bits per heavy atom. The molecule has 0 aromatic rings. The Labute approximate surface area is 70.1 Å². The molecule has 2 amide bonds. The van der Waals surface area contributed by atoms with Crippen molar-refractivity contribution in [2.45, 2.75) is 6.92 Å². The Bertz CT molecular complexity index is 183. The molecular formula is C5H9NO5P+. The fourth-order valence-electron chi connectivity index (χ4n) is 0.382. The van der Waals surface area contributed by atoms with Crippen LogP contribution in [-0.2, 0) is 18.6 Å². The minimum absolute atomic E-state index is 0.177. The minimum Gasteiger partial charge on any atom is -0.399 e. The van der Waals surface area contributed by atoms with E-state index in [-0.39, 0.29) is 19.4 Å². The van der Waals surface area contributed by atoms with Crippen LogP contribution in [0.5, 0.6) is 0 Å². The first kappa shape index (κ1) is 11.0. The van der Waals surface area contributed by atoms with Crippen molar-refractivity contribution >= 4 is 20.5 Å². The number of carbonyl (C=O) groups is 2. The molecular weight excluding hydrogens is 185 g/mol. The number of rotatable bonds is 5. The highest BCUT2D eigenvalue weighted by Gasteiger charge is 2.18. The standard InChI is InChI=1S/C5H8NO5P/c1-2-11-12(9)4-10-5(8)6-3-7/h3H,2,4H2,1H3/p+1. The molecule has 1 atom stereocenters. The van der Waals surface area contributed by atoms with Crippen molar-refractivity contribution in [3.63, 3.8) is 0 Å². The van der Waals surface area contributed by atoms with Crippen LogP contribution >= 0.6 is 8.03 Å². The summed E-state index contributed by atoms with van der Waals surface area (Å²) in [5.74, 6) is 0. The molecule has 0 aliphatic rings. The zero-order chi connectivity index (χ0) is 9.40. The molecule has 0 saturated heterocycles. The van der Waals surface area contributed by atoms with Gasteiger partial charge in [0.25, 0.3) is 0 Å². The largest absolute Gasteiger partial charge is 0.550 e. The third-order valence-corrected chi connectivity index (χ3v) is 1.64. The monoisotopic (exact) mass is 194 g/mol. The van der Waals surface area contributed by atoms with E-state index < -0.39 is 14.1 Å². The molecule has 0 spiro atoms. The first-order valence-corrected chi connectivity index (χ1v) is 4.51. The van der Waals surface area contributed by atoms with Crippen molar-refractivity contribution in [1.82, 2.24) is 5.32 Å². The predicted molar refractivity (Wildman–Crippen MR) is 39.8 cm³/mol. The van der Waals surface area contributed by atoms with Crippen LogP contribution < -0.4 is 5.32 Å². The fourth-order valence-corrected chi connectivity index (χ4v) is 0.968. The van der Waals surface area contributed by atoms with E-state index in [9.17, 15) is 14.2 Å². The van der Waals surface area contributed by atoms with Gasteiger partial charge in [0, 0.05) is 0 Å². The zero-order valence-electron chi connectivity index (χ0n) is 6.48. The van der Waals surface area contributed by atoms with Crippen molar-refractivity contribution in [3.8, 4) is 0 Å². The molecule has 0 heterocycles. The van der Waals surface area contributed by atoms with Crippen LogP contribution in [0, 0.1) is 0 Å². The quantitative estimate of drug-likeness (QED) is 0.512. The van der Waals surface area contributed by atoms with E-state index in [1.54, 1.807) is 12.2 Å². The van der Waals surface area contributed by atoms with Gasteiger partial charge in [0.05, 0.1) is 6.61 Å². The number of alkyl carbamates (subject to hydrolysis) is 1. The van der Waals surface area contributed by atoms with Crippen molar-refractivity contribution in [2.24, 2.45) is 0 Å². The van der Waals surface area contributed by atoms with Crippen LogP contribution in [0.4, 0.5) is 4.79 Å². The average molecular weight is 194 g/mol. The molecule has 0 rings (SSSR count). The summed E-state index contributed by atoms with van der Waals surface area (Å²) in [6.45, 7) is 1.95. The summed E-state index contributed by atoms with van der Waals surface area (Å²) >= 11 is 0. The number of hydrogen-bond donors (Lipinski definition) is 1. The van der Waals surface area contributed by atoms with Gasteiger partial charge in [-0.3, -0.25) is 10.1 Å². The summed E-state index contributed by atoms with van der Waals surface area (Å²) in [6.07, 6.45) is -1.10. The lowest BCUT2D eigenvalue weighted by Gasteiger charge is -1.93. The predicted octanol–water partition coefficient (Wildman–Crippen LogP) is 0.605. The molecule has 1 N–H and O–H groups in total. The maximum absolute atomic E-state index is 10.7. The molecule has 0 aliphatic heterocycles. The molecule has 1 unspecified atom stereocenters. The van der Waals surface area contributed by atoms with E-state index in [1.807, 2.05) is 0 Å². The molecule has 68 valence electrons. The third-order valence-electron chi connectivity index (χ3n) is 0.751. The van der Waals surface area contributed by atoms with Crippen LogP contribution in [0.2, 0.25) is 0 Å². The van der Waals surface area contributed by atoms with E-state index in [2.05, 4.69) is 9.26 Å². The molecule has 0 aromatic carbocycles. The van der Waals surface area contributed by atoms with E-state index in [1.165, 1.54) is 0 Å². The maximum atomic E-state index is 10.7. The highest BCUT2D eigenvalue weighted by atomic mass is 31.1. The lowest BCUT2D eigenvalue weighted by atomic mass is 10.9. The topological polar surface area (TPSA) is 81.7 Å². The summed E-state index contributed by atoms with van der Waals surface area (Å²) in [5, 5.41) is 1.72. The second-order valence-electron chi connectivity index (χ2n) is 1.57. The molecule has 0 bridgehead atoms. The lowest BCUT2D eigenvalue weighted by molar-refractivity contribution is -0.109. The molecule has 0 aromatic heterocycles. The van der Waals surface area contributed by atoms with Crippen molar-refractivity contribution in [2.75, 3.05) is 13.0 Å². The Balaban J connectivity index is 3.46. The molecule has 12 heavy (non-hydrogen) atoms. The molecule has 6 nitrogen and oxygen atoms in total. The van der Waals surface area contributed by atoms with Gasteiger partial charge in [-0.05, 0) is 11.5 Å². The van der Waals surface area contributed by atoms with Gasteiger partial charge in [-0.1, -0.05) is 0 Å². The first-order chi connectivity index (χ1) is 5.70. The Hall–Kier alpha value is -1.00. The number of ether oxygens (including phenoxy) is 1. The Morgan fingerprint density at radius 2 is 2.33 bits per heavy atom. The van der Waals surface area contributed by atoms with Crippen LogP contribution in [0.15, 0.2) is 0 Å². The Kier molecular flexibility index (Phi) is 6.14. The molecule has 7 heteroatoms. The molecule has 0 saturated carbocycles. The molecule has 0 aliphatic carbocycles. The number of nitrogens with one attached hydrogen (secondary N) is 1. The van der Waals surface area contributed by atoms with Gasteiger partial charge in [0.2, 0.25) is 6.41 Å². The SMILES string of the molecule is CCO[P+](=O)COC(=O)NC=O. The summed E-state index contributed by atoms with van der Waals surface area (Å²) < 4.78 is 19.6. The van der Waals surface area contributed by atoms with Crippen molar-refractivity contribution in [1.29, 1.82) is 0 Å². The maximum Gasteiger partial charge on any atom is 0.550 e. The zero-order valence-corrected chi connectivity index (χ0v) is 7.37. The second kappa shape index (κ2) is 6.69. The lowest BCUT2D eigenvalue weighted by Crippen LogP contribution is -2.22. The van der Waals surface area contributed by atoms with Gasteiger partial charge in [-0.15, -0.1) is 4.52 Å². The van der Waals surface area contributed by atoms with Gasteiger partial charge in [-0.25, -0.2) is 4.79 Å². The van der Waals surface area contributed by atoms with Gasteiger partial charge in [0.15, 0.2) is 0 Å².